The summed E-state index contributed by atoms with van der Waals surface area (Å²) in [6.07, 6.45) is 3.76. The molecule has 0 radical (unpaired) electrons. The third kappa shape index (κ3) is 7.84. The number of aromatic nitrogens is 1. The number of nitrogens with two attached hydrogens (primary N) is 1. The van der Waals surface area contributed by atoms with Gasteiger partial charge in [0.2, 0.25) is 5.91 Å². The monoisotopic (exact) mass is 644 g/mol. The summed E-state index contributed by atoms with van der Waals surface area (Å²) in [5.41, 5.74) is 10.7. The Labute approximate surface area is 279 Å². The first-order chi connectivity index (χ1) is 23.2. The zero-order valence-electron chi connectivity index (χ0n) is 27.1. The second-order valence-corrected chi connectivity index (χ2v) is 12.4. The number of primary amides is 1. The van der Waals surface area contributed by atoms with Gasteiger partial charge >= 0.3 is 6.03 Å². The smallest absolute Gasteiger partial charge is 0.319 e. The maximum absolute atomic E-state index is 13.1. The molecule has 4 aromatic carbocycles. The molecule has 1 aliphatic rings. The molecule has 0 unspecified atom stereocenters. The molecule has 6 rings (SSSR count). The van der Waals surface area contributed by atoms with Crippen LogP contribution in [-0.2, 0) is 11.3 Å². The summed E-state index contributed by atoms with van der Waals surface area (Å²) >= 11 is 0. The van der Waals surface area contributed by atoms with E-state index in [1.807, 2.05) is 50.2 Å². The second kappa shape index (κ2) is 14.4. The van der Waals surface area contributed by atoms with E-state index in [1.54, 1.807) is 48.5 Å². The molecule has 2 heterocycles. The number of benzene rings is 4. The Morgan fingerprint density at radius 1 is 0.812 bits per heavy atom. The van der Waals surface area contributed by atoms with Crippen molar-refractivity contribution >= 4 is 40.1 Å². The molecular formula is C38H40N6O4. The van der Waals surface area contributed by atoms with Gasteiger partial charge in [-0.2, -0.15) is 0 Å². The number of nitrogens with one attached hydrogen (secondary N) is 3. The Kier molecular flexibility index (Phi) is 9.73. The number of urea groups is 1. The molecule has 4 amide bonds. The number of fused-ring (bicyclic) bond motifs is 1. The predicted octanol–water partition coefficient (Wildman–Crippen LogP) is 6.90. The number of hydrogen-bond acceptors (Lipinski definition) is 5. The fraction of sp³-hybridized carbons (Fsp3) is 0.237. The molecule has 48 heavy (non-hydrogen) atoms. The van der Waals surface area contributed by atoms with Gasteiger partial charge in [-0.05, 0) is 124 Å². The Hall–Kier alpha value is -5.61. The molecule has 0 spiro atoms. The van der Waals surface area contributed by atoms with E-state index in [0.29, 0.717) is 28.4 Å². The lowest BCUT2D eigenvalue weighted by molar-refractivity contribution is -0.123. The zero-order valence-corrected chi connectivity index (χ0v) is 27.1. The van der Waals surface area contributed by atoms with Crippen molar-refractivity contribution in [1.29, 1.82) is 0 Å². The van der Waals surface area contributed by atoms with Gasteiger partial charge in [0.15, 0.2) is 0 Å². The van der Waals surface area contributed by atoms with Crippen LogP contribution in [0.25, 0.3) is 16.6 Å². The molecule has 0 saturated carbocycles. The number of carbonyl (C=O) groups excluding carboxylic acids is 3. The maximum atomic E-state index is 13.1. The van der Waals surface area contributed by atoms with E-state index in [9.17, 15) is 14.4 Å². The van der Waals surface area contributed by atoms with E-state index in [4.69, 9.17) is 10.5 Å². The number of rotatable bonds is 10. The Bertz CT molecular complexity index is 1890. The van der Waals surface area contributed by atoms with Crippen LogP contribution in [0.15, 0.2) is 103 Å². The zero-order chi connectivity index (χ0) is 33.6. The predicted molar refractivity (Wildman–Crippen MR) is 189 cm³/mol. The number of hydrogen-bond donors (Lipinski definition) is 4. The second-order valence-electron chi connectivity index (χ2n) is 12.4. The van der Waals surface area contributed by atoms with Gasteiger partial charge in [0.1, 0.15) is 11.5 Å². The van der Waals surface area contributed by atoms with Gasteiger partial charge in [-0.3, -0.25) is 14.5 Å². The van der Waals surface area contributed by atoms with Gasteiger partial charge in [-0.25, -0.2) is 4.79 Å². The number of amides is 4. The number of piperidine rings is 1. The van der Waals surface area contributed by atoms with Crippen LogP contribution in [0.3, 0.4) is 0 Å². The lowest BCUT2D eigenvalue weighted by Gasteiger charge is -2.30. The normalized spacial score (nSPS) is 13.7. The highest BCUT2D eigenvalue weighted by Crippen LogP contribution is 2.29. The van der Waals surface area contributed by atoms with Crippen LogP contribution in [0.1, 0.15) is 42.6 Å². The van der Waals surface area contributed by atoms with Gasteiger partial charge < -0.3 is 31.0 Å². The van der Waals surface area contributed by atoms with E-state index >= 15 is 0 Å². The SMILES string of the molecule is CC(C)NC(=O)Nc1ccc(Oc2ccc(NC(=O)c3ccc(-n4cc(CN5CCC(C(N)=O)CC5)c5ccccc54)cc3)cc2)cc1. The van der Waals surface area contributed by atoms with Crippen molar-refractivity contribution in [3.05, 3.63) is 114 Å². The Balaban J connectivity index is 1.06. The van der Waals surface area contributed by atoms with E-state index in [0.717, 1.165) is 43.7 Å². The number of nitrogens with zero attached hydrogens (tertiary/aromatic N) is 2. The maximum Gasteiger partial charge on any atom is 0.319 e. The molecule has 1 saturated heterocycles. The summed E-state index contributed by atoms with van der Waals surface area (Å²) in [5.74, 6) is 0.793. The van der Waals surface area contributed by atoms with Gasteiger partial charge in [-0.1, -0.05) is 18.2 Å². The Morgan fingerprint density at radius 2 is 1.42 bits per heavy atom. The molecule has 0 aliphatic carbocycles. The van der Waals surface area contributed by atoms with Crippen LogP contribution < -0.4 is 26.4 Å². The molecular weight excluding hydrogens is 604 g/mol. The molecule has 1 aliphatic heterocycles. The van der Waals surface area contributed by atoms with Crippen LogP contribution in [-0.4, -0.2) is 46.4 Å². The highest BCUT2D eigenvalue weighted by Gasteiger charge is 2.24. The summed E-state index contributed by atoms with van der Waals surface area (Å²) in [4.78, 5) is 39.0. The number of carbonyl (C=O) groups is 3. The number of ether oxygens (including phenoxy) is 1. The molecule has 1 aromatic heterocycles. The van der Waals surface area contributed by atoms with Crippen molar-refractivity contribution in [2.24, 2.45) is 11.7 Å². The molecule has 0 bridgehead atoms. The van der Waals surface area contributed by atoms with Gasteiger partial charge in [-0.15, -0.1) is 0 Å². The minimum Gasteiger partial charge on any atom is -0.457 e. The van der Waals surface area contributed by atoms with Crippen molar-refractivity contribution in [1.82, 2.24) is 14.8 Å². The fourth-order valence-corrected chi connectivity index (χ4v) is 5.96. The van der Waals surface area contributed by atoms with Crippen molar-refractivity contribution in [2.75, 3.05) is 23.7 Å². The fourth-order valence-electron chi connectivity index (χ4n) is 5.96. The van der Waals surface area contributed by atoms with Crippen LogP contribution in [0.2, 0.25) is 0 Å². The molecule has 246 valence electrons. The summed E-state index contributed by atoms with van der Waals surface area (Å²) < 4.78 is 8.09. The number of para-hydroxylation sites is 1. The van der Waals surface area contributed by atoms with Crippen LogP contribution in [0.5, 0.6) is 11.5 Å². The highest BCUT2D eigenvalue weighted by atomic mass is 16.5. The molecule has 10 heteroatoms. The quantitative estimate of drug-likeness (QED) is 0.131. The van der Waals surface area contributed by atoms with Crippen molar-refractivity contribution in [2.45, 2.75) is 39.3 Å². The minimum atomic E-state index is -0.261. The minimum absolute atomic E-state index is 0.0310. The van der Waals surface area contributed by atoms with Crippen molar-refractivity contribution in [3.8, 4) is 17.2 Å². The van der Waals surface area contributed by atoms with E-state index in [-0.39, 0.29) is 29.8 Å². The largest absolute Gasteiger partial charge is 0.457 e. The van der Waals surface area contributed by atoms with Crippen LogP contribution in [0.4, 0.5) is 16.2 Å². The first-order valence-corrected chi connectivity index (χ1v) is 16.2. The highest BCUT2D eigenvalue weighted by molar-refractivity contribution is 6.04. The van der Waals surface area contributed by atoms with Crippen LogP contribution >= 0.6 is 0 Å². The van der Waals surface area contributed by atoms with Gasteiger partial charge in [0, 0.05) is 52.7 Å². The summed E-state index contributed by atoms with van der Waals surface area (Å²) in [6, 6.07) is 29.9. The molecule has 5 aromatic rings. The lowest BCUT2D eigenvalue weighted by atomic mass is 9.96. The summed E-state index contributed by atoms with van der Waals surface area (Å²) in [7, 11) is 0. The first-order valence-electron chi connectivity index (χ1n) is 16.2. The van der Waals surface area contributed by atoms with E-state index < -0.39 is 0 Å². The Morgan fingerprint density at radius 3 is 2.02 bits per heavy atom. The summed E-state index contributed by atoms with van der Waals surface area (Å²) in [6.45, 7) is 6.29. The van der Waals surface area contributed by atoms with Gasteiger partial charge in [0.05, 0.1) is 5.52 Å². The first kappa shape index (κ1) is 32.3. The topological polar surface area (TPSA) is 131 Å². The van der Waals surface area contributed by atoms with E-state index in [2.05, 4.69) is 43.7 Å². The average molecular weight is 645 g/mol. The van der Waals surface area contributed by atoms with E-state index in [1.165, 1.54) is 10.9 Å². The molecule has 5 N–H and O–H groups in total. The third-order valence-electron chi connectivity index (χ3n) is 8.47. The third-order valence-corrected chi connectivity index (χ3v) is 8.47. The molecule has 10 nitrogen and oxygen atoms in total. The number of anilines is 2. The number of likely N-dealkylation sites (tertiary alicyclic amines) is 1. The lowest BCUT2D eigenvalue weighted by Crippen LogP contribution is -2.38. The summed E-state index contributed by atoms with van der Waals surface area (Å²) in [5, 5.41) is 9.70. The molecule has 0 atom stereocenters. The standard InChI is InChI=1S/C38H40N6O4/c1-25(2)40-38(47)42-30-11-17-33(18-12-30)48-32-15-9-29(10-16-32)41-37(46)27-7-13-31(14-8-27)44-24-28(34-5-3-4-6-35(34)44)23-43-21-19-26(20-22-43)36(39)45/h3-18,24-26H,19-23H2,1-2H3,(H2,39,45)(H,41,46)(H2,40,42,47). The average Bonchev–Trinajstić information content (AvgIpc) is 3.44. The molecule has 1 fully saturated rings. The van der Waals surface area contributed by atoms with Gasteiger partial charge in [0.25, 0.3) is 5.91 Å². The van der Waals surface area contributed by atoms with Crippen LogP contribution in [0, 0.1) is 5.92 Å². The van der Waals surface area contributed by atoms with Crippen molar-refractivity contribution < 1.29 is 19.1 Å². The van der Waals surface area contributed by atoms with Crippen molar-refractivity contribution in [3.63, 3.8) is 0 Å².